The number of nitrogens with zero attached hydrogens (tertiary/aromatic N) is 2. The lowest BCUT2D eigenvalue weighted by Crippen LogP contribution is -2.36. The number of aromatic nitrogens is 2. The molecule has 2 heterocycles. The topological polar surface area (TPSA) is 51.1 Å². The third-order valence-electron chi connectivity index (χ3n) is 2.54. The zero-order valence-corrected chi connectivity index (χ0v) is 8.86. The van der Waals surface area contributed by atoms with Crippen molar-refractivity contribution in [2.75, 3.05) is 13.2 Å². The number of hydrogen-bond acceptors (Lipinski definition) is 4. The molecule has 82 valence electrons. The average molecular weight is 208 g/mol. The Kier molecular flexibility index (Phi) is 3.15. The van der Waals surface area contributed by atoms with Crippen molar-refractivity contribution in [2.45, 2.75) is 12.6 Å². The van der Waals surface area contributed by atoms with Gasteiger partial charge >= 0.3 is 0 Å². The van der Waals surface area contributed by atoms with Crippen LogP contribution in [0.15, 0.2) is 18.9 Å². The van der Waals surface area contributed by atoms with Gasteiger partial charge in [-0.1, -0.05) is 6.08 Å². The molecule has 0 radical (unpaired) electrons. The molecule has 0 aromatic carbocycles. The van der Waals surface area contributed by atoms with Crippen molar-refractivity contribution in [3.05, 3.63) is 30.1 Å². The second-order valence-corrected chi connectivity index (χ2v) is 3.57. The van der Waals surface area contributed by atoms with Crippen LogP contribution in [0.1, 0.15) is 17.3 Å². The Hall–Kier alpha value is -1.17. The summed E-state index contributed by atoms with van der Waals surface area (Å²) >= 11 is 0. The minimum Gasteiger partial charge on any atom is -0.309 e. The third kappa shape index (κ3) is 2.09. The van der Waals surface area contributed by atoms with Gasteiger partial charge in [-0.25, -0.2) is 0 Å². The summed E-state index contributed by atoms with van der Waals surface area (Å²) in [6.07, 6.45) is 3.61. The summed E-state index contributed by atoms with van der Waals surface area (Å²) in [5.74, 6) is 0. The molecule has 0 saturated carbocycles. The fraction of sp³-hybridized carbons (Fsp3) is 0.500. The van der Waals surface area contributed by atoms with Crippen LogP contribution in [-0.4, -0.2) is 22.9 Å². The predicted molar refractivity (Wildman–Crippen MR) is 56.9 cm³/mol. The highest BCUT2D eigenvalue weighted by Gasteiger charge is 2.22. The summed E-state index contributed by atoms with van der Waals surface area (Å²) in [6, 6.07) is 0.169. The molecule has 1 unspecified atom stereocenters. The van der Waals surface area contributed by atoms with Crippen molar-refractivity contribution >= 4 is 0 Å². The van der Waals surface area contributed by atoms with Crippen LogP contribution in [0.5, 0.6) is 0 Å². The highest BCUT2D eigenvalue weighted by molar-refractivity contribution is 5.24. The molecular weight excluding hydrogens is 192 g/mol. The van der Waals surface area contributed by atoms with E-state index in [0.717, 1.165) is 13.1 Å². The van der Waals surface area contributed by atoms with Crippen LogP contribution in [0.25, 0.3) is 0 Å². The number of aryl methyl sites for hydroxylation is 1. The van der Waals surface area contributed by atoms with Crippen molar-refractivity contribution in [3.63, 3.8) is 0 Å². The summed E-state index contributed by atoms with van der Waals surface area (Å²) in [4.78, 5) is 5.24. The van der Waals surface area contributed by atoms with Gasteiger partial charge in [-0.2, -0.15) is 10.6 Å². The van der Waals surface area contributed by atoms with Crippen LogP contribution < -0.4 is 10.8 Å². The van der Waals surface area contributed by atoms with E-state index in [1.165, 1.54) is 11.3 Å². The number of rotatable bonds is 4. The van der Waals surface area contributed by atoms with Crippen molar-refractivity contribution in [1.29, 1.82) is 0 Å². The van der Waals surface area contributed by atoms with Gasteiger partial charge in [0.15, 0.2) is 0 Å². The molecule has 1 aliphatic heterocycles. The molecule has 15 heavy (non-hydrogen) atoms. The van der Waals surface area contributed by atoms with E-state index in [9.17, 15) is 0 Å². The first-order chi connectivity index (χ1) is 7.33. The Morgan fingerprint density at radius 1 is 1.87 bits per heavy atom. The van der Waals surface area contributed by atoms with E-state index < -0.39 is 0 Å². The van der Waals surface area contributed by atoms with E-state index in [2.05, 4.69) is 22.5 Å². The summed E-state index contributed by atoms with van der Waals surface area (Å²) in [5.41, 5.74) is 5.42. The number of hydroxylamine groups is 1. The SMILES string of the molecule is C=CCONC1CNCc2c1cnn2C. The molecule has 0 amide bonds. The number of fused-ring (bicyclic) bond motifs is 1. The van der Waals surface area contributed by atoms with Crippen LogP contribution >= 0.6 is 0 Å². The van der Waals surface area contributed by atoms with Crippen LogP contribution in [0.3, 0.4) is 0 Å². The normalized spacial score (nSPS) is 19.9. The Labute approximate surface area is 89.1 Å². The summed E-state index contributed by atoms with van der Waals surface area (Å²) in [7, 11) is 1.95. The van der Waals surface area contributed by atoms with Gasteiger partial charge in [0.05, 0.1) is 24.5 Å². The molecule has 1 atom stereocenters. The quantitative estimate of drug-likeness (QED) is 0.424. The molecule has 2 N–H and O–H groups in total. The first kappa shape index (κ1) is 10.4. The van der Waals surface area contributed by atoms with Gasteiger partial charge in [-0.15, -0.1) is 6.58 Å². The Balaban J connectivity index is 2.05. The maximum atomic E-state index is 5.24. The molecule has 2 rings (SSSR count). The lowest BCUT2D eigenvalue weighted by molar-refractivity contribution is 0.0323. The molecule has 0 bridgehead atoms. The molecule has 0 aliphatic carbocycles. The molecule has 5 heteroatoms. The Morgan fingerprint density at radius 3 is 3.53 bits per heavy atom. The molecular formula is C10H16N4O. The zero-order valence-electron chi connectivity index (χ0n) is 8.86. The second-order valence-electron chi connectivity index (χ2n) is 3.57. The van der Waals surface area contributed by atoms with Crippen LogP contribution in [-0.2, 0) is 18.4 Å². The van der Waals surface area contributed by atoms with Crippen LogP contribution in [0, 0.1) is 0 Å². The van der Waals surface area contributed by atoms with Gasteiger partial charge in [-0.05, 0) is 0 Å². The van der Waals surface area contributed by atoms with Gasteiger partial charge in [-0.3, -0.25) is 9.52 Å². The van der Waals surface area contributed by atoms with Gasteiger partial charge in [0.25, 0.3) is 0 Å². The average Bonchev–Trinajstić information content (AvgIpc) is 2.62. The van der Waals surface area contributed by atoms with Gasteiger partial charge < -0.3 is 5.32 Å². The first-order valence-corrected chi connectivity index (χ1v) is 5.02. The third-order valence-corrected chi connectivity index (χ3v) is 2.54. The minimum atomic E-state index is 0.169. The van der Waals surface area contributed by atoms with Gasteiger partial charge in [0.2, 0.25) is 0 Å². The van der Waals surface area contributed by atoms with Gasteiger partial charge in [0.1, 0.15) is 0 Å². The standard InChI is InChI=1S/C10H16N4O/c1-3-4-15-13-9-6-11-7-10-8(9)5-12-14(10)2/h3,5,9,11,13H,1,4,6-7H2,2H3. The largest absolute Gasteiger partial charge is 0.309 e. The summed E-state index contributed by atoms with van der Waals surface area (Å²) in [5, 5.41) is 7.55. The molecule has 0 saturated heterocycles. The molecule has 5 nitrogen and oxygen atoms in total. The van der Waals surface area contributed by atoms with Crippen molar-refractivity contribution in [1.82, 2.24) is 20.6 Å². The predicted octanol–water partition coefficient (Wildman–Crippen LogP) is 0.272. The zero-order chi connectivity index (χ0) is 10.7. The fourth-order valence-electron chi connectivity index (χ4n) is 1.75. The van der Waals surface area contributed by atoms with E-state index in [-0.39, 0.29) is 6.04 Å². The highest BCUT2D eigenvalue weighted by Crippen LogP contribution is 2.20. The number of hydrogen-bond donors (Lipinski definition) is 2. The second kappa shape index (κ2) is 4.57. The summed E-state index contributed by atoms with van der Waals surface area (Å²) in [6.45, 7) is 5.82. The Bertz CT molecular complexity index is 347. The maximum absolute atomic E-state index is 5.24. The monoisotopic (exact) mass is 208 g/mol. The summed E-state index contributed by atoms with van der Waals surface area (Å²) < 4.78 is 1.89. The van der Waals surface area contributed by atoms with E-state index in [0.29, 0.717) is 6.61 Å². The maximum Gasteiger partial charge on any atom is 0.0861 e. The molecule has 1 aromatic heterocycles. The minimum absolute atomic E-state index is 0.169. The highest BCUT2D eigenvalue weighted by atomic mass is 16.6. The lowest BCUT2D eigenvalue weighted by atomic mass is 10.1. The van der Waals surface area contributed by atoms with Crippen molar-refractivity contribution < 1.29 is 4.84 Å². The Morgan fingerprint density at radius 2 is 2.73 bits per heavy atom. The number of nitrogens with one attached hydrogen (secondary N) is 2. The lowest BCUT2D eigenvalue weighted by Gasteiger charge is -2.24. The molecule has 1 aliphatic rings. The first-order valence-electron chi connectivity index (χ1n) is 5.02. The molecule has 0 fully saturated rings. The molecule has 0 spiro atoms. The van der Waals surface area contributed by atoms with E-state index >= 15 is 0 Å². The van der Waals surface area contributed by atoms with Crippen molar-refractivity contribution in [3.8, 4) is 0 Å². The van der Waals surface area contributed by atoms with E-state index in [1.54, 1.807) is 6.08 Å². The van der Waals surface area contributed by atoms with E-state index in [4.69, 9.17) is 4.84 Å². The van der Waals surface area contributed by atoms with Crippen LogP contribution in [0.4, 0.5) is 0 Å². The molecule has 1 aromatic rings. The van der Waals surface area contributed by atoms with Crippen LogP contribution in [0.2, 0.25) is 0 Å². The van der Waals surface area contributed by atoms with E-state index in [1.807, 2.05) is 17.9 Å². The van der Waals surface area contributed by atoms with Gasteiger partial charge in [0, 0.05) is 25.7 Å². The smallest absolute Gasteiger partial charge is 0.0861 e. The van der Waals surface area contributed by atoms with Crippen molar-refractivity contribution in [2.24, 2.45) is 7.05 Å². The fourth-order valence-corrected chi connectivity index (χ4v) is 1.75.